The highest BCUT2D eigenvalue weighted by molar-refractivity contribution is 6.33. The number of rotatable bonds is 6. The molecule has 0 amide bonds. The van der Waals surface area contributed by atoms with Crippen molar-refractivity contribution in [3.63, 3.8) is 0 Å². The monoisotopic (exact) mass is 447 g/mol. The van der Waals surface area contributed by atoms with E-state index in [-0.39, 0.29) is 0 Å². The van der Waals surface area contributed by atoms with Crippen LogP contribution in [-0.4, -0.2) is 69.5 Å². The average Bonchev–Trinajstić information content (AvgIpc) is 3.25. The van der Waals surface area contributed by atoms with Gasteiger partial charge in [-0.3, -0.25) is 0 Å². The third-order valence-electron chi connectivity index (χ3n) is 5.98. The van der Waals surface area contributed by atoms with Gasteiger partial charge in [0.15, 0.2) is 0 Å². The minimum absolute atomic E-state index is 0.507. The minimum Gasteiger partial charge on any atom is -0.345 e. The van der Waals surface area contributed by atoms with Crippen LogP contribution >= 0.6 is 11.6 Å². The Hall–Kier alpha value is -3.00. The van der Waals surface area contributed by atoms with Crippen molar-refractivity contribution in [1.29, 1.82) is 0 Å². The van der Waals surface area contributed by atoms with Gasteiger partial charge < -0.3 is 20.1 Å². The summed E-state index contributed by atoms with van der Waals surface area (Å²) >= 11 is 6.59. The Morgan fingerprint density at radius 1 is 1.06 bits per heavy atom. The zero-order valence-electron chi connectivity index (χ0n) is 18.1. The lowest BCUT2D eigenvalue weighted by Crippen LogP contribution is -2.45. The highest BCUT2D eigenvalue weighted by Gasteiger charge is 2.14. The molecule has 0 spiro atoms. The Kier molecular flexibility index (Phi) is 6.03. The SMILES string of the molecule is CN1CCN(CCc2ccc(Nc3nccc(-c4c[nH]c5ncccc45)n3)c(Cl)c2)CC1. The summed E-state index contributed by atoms with van der Waals surface area (Å²) in [6.07, 6.45) is 6.43. The van der Waals surface area contributed by atoms with Gasteiger partial charge in [0.05, 0.1) is 16.4 Å². The van der Waals surface area contributed by atoms with Crippen molar-refractivity contribution in [2.75, 3.05) is 45.1 Å². The zero-order chi connectivity index (χ0) is 21.9. The van der Waals surface area contributed by atoms with Gasteiger partial charge in [-0.2, -0.15) is 0 Å². The Morgan fingerprint density at radius 2 is 1.94 bits per heavy atom. The summed E-state index contributed by atoms with van der Waals surface area (Å²) in [7, 11) is 2.18. The van der Waals surface area contributed by atoms with Crippen LogP contribution in [0, 0.1) is 0 Å². The van der Waals surface area contributed by atoms with Gasteiger partial charge in [-0.05, 0) is 49.4 Å². The lowest BCUT2D eigenvalue weighted by Gasteiger charge is -2.32. The van der Waals surface area contributed by atoms with Crippen LogP contribution in [0.2, 0.25) is 5.02 Å². The van der Waals surface area contributed by atoms with Crippen molar-refractivity contribution in [1.82, 2.24) is 29.7 Å². The summed E-state index contributed by atoms with van der Waals surface area (Å²) in [6.45, 7) is 5.59. The standard InChI is InChI=1S/C24H26ClN7/c1-31-11-13-32(14-12-31)10-7-17-4-5-22(20(25)15-17)30-24-27-9-6-21(29-24)19-16-28-23-18(19)3-2-8-26-23/h2-6,8-9,15-16H,7,10-14H2,1H3,(H,26,28)(H,27,29,30). The normalized spacial score (nSPS) is 15.3. The van der Waals surface area contributed by atoms with Gasteiger partial charge in [-0.1, -0.05) is 17.7 Å². The fraction of sp³-hybridized carbons (Fsp3) is 0.292. The third kappa shape index (κ3) is 4.60. The summed E-state index contributed by atoms with van der Waals surface area (Å²) in [5, 5.41) is 4.96. The molecule has 0 saturated carbocycles. The predicted molar refractivity (Wildman–Crippen MR) is 129 cm³/mol. The zero-order valence-corrected chi connectivity index (χ0v) is 18.8. The molecule has 164 valence electrons. The van der Waals surface area contributed by atoms with E-state index >= 15 is 0 Å². The van der Waals surface area contributed by atoms with Crippen molar-refractivity contribution in [3.8, 4) is 11.3 Å². The fourth-order valence-corrected chi connectivity index (χ4v) is 4.28. The molecule has 0 bridgehead atoms. The van der Waals surface area contributed by atoms with E-state index in [4.69, 9.17) is 11.6 Å². The maximum Gasteiger partial charge on any atom is 0.227 e. The second-order valence-electron chi connectivity index (χ2n) is 8.20. The van der Waals surface area contributed by atoms with Crippen molar-refractivity contribution in [2.45, 2.75) is 6.42 Å². The number of likely N-dealkylation sites (N-methyl/N-ethyl adjacent to an activating group) is 1. The van der Waals surface area contributed by atoms with Crippen molar-refractivity contribution in [2.24, 2.45) is 0 Å². The summed E-state index contributed by atoms with van der Waals surface area (Å²) in [4.78, 5) is 21.5. The molecule has 4 heterocycles. The van der Waals surface area contributed by atoms with Gasteiger partial charge in [0.2, 0.25) is 5.95 Å². The van der Waals surface area contributed by atoms with E-state index in [2.05, 4.69) is 48.2 Å². The second kappa shape index (κ2) is 9.24. The van der Waals surface area contributed by atoms with Crippen LogP contribution in [0.3, 0.4) is 0 Å². The molecule has 0 atom stereocenters. The molecule has 0 radical (unpaired) electrons. The van der Waals surface area contributed by atoms with Gasteiger partial charge in [-0.25, -0.2) is 15.0 Å². The van der Waals surface area contributed by atoms with Gasteiger partial charge in [0, 0.05) is 62.3 Å². The van der Waals surface area contributed by atoms with E-state index in [9.17, 15) is 0 Å². The largest absolute Gasteiger partial charge is 0.345 e. The van der Waals surface area contributed by atoms with E-state index in [0.29, 0.717) is 11.0 Å². The molecule has 1 fully saturated rings. The molecule has 1 aliphatic heterocycles. The number of nitrogens with one attached hydrogen (secondary N) is 2. The smallest absolute Gasteiger partial charge is 0.227 e. The maximum atomic E-state index is 6.59. The number of fused-ring (bicyclic) bond motifs is 1. The lowest BCUT2D eigenvalue weighted by molar-refractivity contribution is 0.155. The van der Waals surface area contributed by atoms with Crippen LogP contribution in [0.1, 0.15) is 5.56 Å². The maximum absolute atomic E-state index is 6.59. The van der Waals surface area contributed by atoms with Crippen LogP contribution in [-0.2, 0) is 6.42 Å². The number of aromatic amines is 1. The number of halogens is 1. The number of benzene rings is 1. The quantitative estimate of drug-likeness (QED) is 0.461. The molecule has 0 aliphatic carbocycles. The molecular formula is C24H26ClN7. The predicted octanol–water partition coefficient (Wildman–Crippen LogP) is 4.21. The van der Waals surface area contributed by atoms with Gasteiger partial charge in [-0.15, -0.1) is 0 Å². The summed E-state index contributed by atoms with van der Waals surface area (Å²) in [5.74, 6) is 0.507. The summed E-state index contributed by atoms with van der Waals surface area (Å²) in [5.41, 5.74) is 4.68. The summed E-state index contributed by atoms with van der Waals surface area (Å²) < 4.78 is 0. The average molecular weight is 448 g/mol. The van der Waals surface area contributed by atoms with E-state index in [1.807, 2.05) is 36.5 Å². The molecule has 5 rings (SSSR count). The second-order valence-corrected chi connectivity index (χ2v) is 8.61. The molecule has 8 heteroatoms. The van der Waals surface area contributed by atoms with Gasteiger partial charge in [0.25, 0.3) is 0 Å². The Bertz CT molecular complexity index is 1210. The topological polar surface area (TPSA) is 73.0 Å². The van der Waals surface area contributed by atoms with Crippen LogP contribution in [0.5, 0.6) is 0 Å². The Labute approximate surface area is 192 Å². The molecule has 1 aromatic carbocycles. The first-order valence-electron chi connectivity index (χ1n) is 10.9. The van der Waals surface area contributed by atoms with E-state index in [1.54, 1.807) is 12.4 Å². The van der Waals surface area contributed by atoms with Gasteiger partial charge in [0.1, 0.15) is 5.65 Å². The van der Waals surface area contributed by atoms with Crippen LogP contribution in [0.15, 0.2) is 55.0 Å². The van der Waals surface area contributed by atoms with Crippen LogP contribution in [0.25, 0.3) is 22.3 Å². The Morgan fingerprint density at radius 3 is 2.78 bits per heavy atom. The number of aromatic nitrogens is 4. The Balaban J connectivity index is 1.28. The van der Waals surface area contributed by atoms with E-state index in [1.165, 1.54) is 5.56 Å². The number of anilines is 2. The number of hydrogen-bond donors (Lipinski definition) is 2. The number of H-pyrrole nitrogens is 1. The number of nitrogens with zero attached hydrogens (tertiary/aromatic N) is 5. The molecule has 1 saturated heterocycles. The molecule has 1 aliphatic rings. The van der Waals surface area contributed by atoms with Crippen LogP contribution < -0.4 is 5.32 Å². The summed E-state index contributed by atoms with van der Waals surface area (Å²) in [6, 6.07) is 12.0. The van der Waals surface area contributed by atoms with Crippen molar-refractivity contribution >= 4 is 34.3 Å². The molecule has 0 unspecified atom stereocenters. The van der Waals surface area contributed by atoms with E-state index in [0.717, 1.165) is 67.1 Å². The first-order valence-corrected chi connectivity index (χ1v) is 11.3. The minimum atomic E-state index is 0.507. The van der Waals surface area contributed by atoms with Crippen molar-refractivity contribution in [3.05, 3.63) is 65.6 Å². The molecule has 2 N–H and O–H groups in total. The highest BCUT2D eigenvalue weighted by atomic mass is 35.5. The fourth-order valence-electron chi connectivity index (χ4n) is 4.03. The molecular weight excluding hydrogens is 422 g/mol. The van der Waals surface area contributed by atoms with Crippen molar-refractivity contribution < 1.29 is 0 Å². The lowest BCUT2D eigenvalue weighted by atomic mass is 10.1. The number of pyridine rings is 1. The number of hydrogen-bond acceptors (Lipinski definition) is 6. The number of piperazine rings is 1. The third-order valence-corrected chi connectivity index (χ3v) is 6.29. The molecule has 4 aromatic rings. The highest BCUT2D eigenvalue weighted by Crippen LogP contribution is 2.29. The molecule has 7 nitrogen and oxygen atoms in total. The van der Waals surface area contributed by atoms with Crippen LogP contribution in [0.4, 0.5) is 11.6 Å². The van der Waals surface area contributed by atoms with Gasteiger partial charge >= 0.3 is 0 Å². The molecule has 32 heavy (non-hydrogen) atoms. The molecule has 3 aromatic heterocycles. The first-order chi connectivity index (χ1) is 15.7. The van der Waals surface area contributed by atoms with E-state index < -0.39 is 0 Å². The first kappa shape index (κ1) is 20.9.